The van der Waals surface area contributed by atoms with Gasteiger partial charge in [-0.3, -0.25) is 4.79 Å². The maximum absolute atomic E-state index is 11.8. The lowest BCUT2D eigenvalue weighted by Crippen LogP contribution is -2.42. The van der Waals surface area contributed by atoms with E-state index in [0.717, 1.165) is 13.1 Å². The number of anilines is 1. The summed E-state index contributed by atoms with van der Waals surface area (Å²) in [6.45, 7) is 4.09. The van der Waals surface area contributed by atoms with Gasteiger partial charge in [0, 0.05) is 31.0 Å². The Kier molecular flexibility index (Phi) is 4.34. The third-order valence-electron chi connectivity index (χ3n) is 5.49. The van der Waals surface area contributed by atoms with Crippen LogP contribution in [0, 0.1) is 5.41 Å². The fourth-order valence-electron chi connectivity index (χ4n) is 4.03. The average Bonchev–Trinajstić information content (AvgIpc) is 2.51. The maximum Gasteiger partial charge on any atom is 0.250 e. The molecule has 0 aromatic carbocycles. The SMILES string of the molecule is Nc1ccc(=O)n(CCN2CCC3(CCCCC3)CC2)c1. The molecule has 1 aliphatic carbocycles. The van der Waals surface area contributed by atoms with Gasteiger partial charge in [-0.25, -0.2) is 0 Å². The standard InChI is InChI=1S/C17H27N3O/c18-15-4-5-16(21)20(14-15)13-12-19-10-8-17(9-11-19)6-2-1-3-7-17/h4-5,14H,1-3,6-13,18H2. The third-order valence-corrected chi connectivity index (χ3v) is 5.49. The van der Waals surface area contributed by atoms with Gasteiger partial charge < -0.3 is 15.2 Å². The summed E-state index contributed by atoms with van der Waals surface area (Å²) < 4.78 is 1.74. The lowest BCUT2D eigenvalue weighted by Gasteiger charge is -2.44. The zero-order valence-corrected chi connectivity index (χ0v) is 12.9. The van der Waals surface area contributed by atoms with E-state index in [1.807, 2.05) is 0 Å². The monoisotopic (exact) mass is 289 g/mol. The summed E-state index contributed by atoms with van der Waals surface area (Å²) >= 11 is 0. The summed E-state index contributed by atoms with van der Waals surface area (Å²) in [7, 11) is 0. The van der Waals surface area contributed by atoms with Gasteiger partial charge in [0.15, 0.2) is 0 Å². The number of aromatic nitrogens is 1. The first-order chi connectivity index (χ1) is 10.2. The van der Waals surface area contributed by atoms with Crippen molar-refractivity contribution < 1.29 is 0 Å². The van der Waals surface area contributed by atoms with Crippen LogP contribution in [0.1, 0.15) is 44.9 Å². The van der Waals surface area contributed by atoms with Crippen LogP contribution in [0.5, 0.6) is 0 Å². The molecule has 2 N–H and O–H groups in total. The molecule has 1 aromatic rings. The molecule has 0 unspecified atom stereocenters. The van der Waals surface area contributed by atoms with E-state index in [2.05, 4.69) is 4.90 Å². The molecule has 1 aliphatic heterocycles. The van der Waals surface area contributed by atoms with Crippen molar-refractivity contribution in [1.29, 1.82) is 0 Å². The van der Waals surface area contributed by atoms with E-state index in [1.165, 1.54) is 58.0 Å². The molecule has 21 heavy (non-hydrogen) atoms. The Morgan fingerprint density at radius 3 is 2.43 bits per heavy atom. The van der Waals surface area contributed by atoms with Gasteiger partial charge in [-0.2, -0.15) is 0 Å². The minimum absolute atomic E-state index is 0.0463. The van der Waals surface area contributed by atoms with Crippen LogP contribution in [0.15, 0.2) is 23.1 Å². The molecule has 2 heterocycles. The van der Waals surface area contributed by atoms with Gasteiger partial charge in [-0.05, 0) is 50.3 Å². The fraction of sp³-hybridized carbons (Fsp3) is 0.706. The molecule has 1 saturated heterocycles. The van der Waals surface area contributed by atoms with E-state index < -0.39 is 0 Å². The molecular weight excluding hydrogens is 262 g/mol. The van der Waals surface area contributed by atoms with Crippen molar-refractivity contribution in [2.75, 3.05) is 25.4 Å². The zero-order chi connectivity index (χ0) is 14.7. The first-order valence-corrected chi connectivity index (χ1v) is 8.35. The van der Waals surface area contributed by atoms with Crippen LogP contribution in [0.2, 0.25) is 0 Å². The molecule has 3 rings (SSSR count). The summed E-state index contributed by atoms with van der Waals surface area (Å²) in [5, 5.41) is 0. The number of nitrogens with zero attached hydrogens (tertiary/aromatic N) is 2. The first kappa shape index (κ1) is 14.6. The topological polar surface area (TPSA) is 51.3 Å². The van der Waals surface area contributed by atoms with Crippen LogP contribution < -0.4 is 11.3 Å². The van der Waals surface area contributed by atoms with Crippen molar-refractivity contribution in [1.82, 2.24) is 9.47 Å². The molecule has 4 heteroatoms. The molecule has 1 spiro atoms. The lowest BCUT2D eigenvalue weighted by atomic mass is 9.68. The van der Waals surface area contributed by atoms with Crippen molar-refractivity contribution in [3.63, 3.8) is 0 Å². The van der Waals surface area contributed by atoms with Gasteiger partial charge in [0.1, 0.15) is 0 Å². The van der Waals surface area contributed by atoms with Crippen molar-refractivity contribution in [2.24, 2.45) is 5.41 Å². The molecular formula is C17H27N3O. The third kappa shape index (κ3) is 3.49. The lowest BCUT2D eigenvalue weighted by molar-refractivity contribution is 0.0660. The molecule has 116 valence electrons. The number of nitrogen functional groups attached to an aromatic ring is 1. The highest BCUT2D eigenvalue weighted by atomic mass is 16.1. The van der Waals surface area contributed by atoms with Gasteiger partial charge >= 0.3 is 0 Å². The Morgan fingerprint density at radius 1 is 1.00 bits per heavy atom. The number of nitrogens with two attached hydrogens (primary N) is 1. The van der Waals surface area contributed by atoms with E-state index in [-0.39, 0.29) is 5.56 Å². The first-order valence-electron chi connectivity index (χ1n) is 8.35. The van der Waals surface area contributed by atoms with Crippen LogP contribution in [0.3, 0.4) is 0 Å². The minimum atomic E-state index is 0.0463. The van der Waals surface area contributed by atoms with E-state index >= 15 is 0 Å². The minimum Gasteiger partial charge on any atom is -0.398 e. The number of piperidine rings is 1. The number of pyridine rings is 1. The van der Waals surface area contributed by atoms with E-state index in [9.17, 15) is 4.79 Å². The van der Waals surface area contributed by atoms with Crippen molar-refractivity contribution in [2.45, 2.75) is 51.5 Å². The molecule has 2 aliphatic rings. The average molecular weight is 289 g/mol. The molecule has 2 fully saturated rings. The van der Waals surface area contributed by atoms with Crippen molar-refractivity contribution >= 4 is 5.69 Å². The molecule has 0 atom stereocenters. The molecule has 1 saturated carbocycles. The normalized spacial score (nSPS) is 22.5. The quantitative estimate of drug-likeness (QED) is 0.930. The number of hydrogen-bond donors (Lipinski definition) is 1. The highest BCUT2D eigenvalue weighted by Crippen LogP contribution is 2.44. The van der Waals surface area contributed by atoms with Gasteiger partial charge in [-0.15, -0.1) is 0 Å². The molecule has 0 radical (unpaired) electrons. The van der Waals surface area contributed by atoms with Gasteiger partial charge in [0.2, 0.25) is 0 Å². The summed E-state index contributed by atoms with van der Waals surface area (Å²) in [6, 6.07) is 3.23. The summed E-state index contributed by atoms with van der Waals surface area (Å²) in [5.41, 5.74) is 7.12. The zero-order valence-electron chi connectivity index (χ0n) is 12.9. The second kappa shape index (κ2) is 6.22. The fourth-order valence-corrected chi connectivity index (χ4v) is 4.03. The largest absolute Gasteiger partial charge is 0.398 e. The summed E-state index contributed by atoms with van der Waals surface area (Å²) in [4.78, 5) is 14.3. The molecule has 0 amide bonds. The van der Waals surface area contributed by atoms with Gasteiger partial charge in [0.25, 0.3) is 5.56 Å². The number of hydrogen-bond acceptors (Lipinski definition) is 3. The Bertz CT molecular complexity index is 521. The van der Waals surface area contributed by atoms with Crippen LogP contribution in [0.4, 0.5) is 5.69 Å². The maximum atomic E-state index is 11.8. The van der Waals surface area contributed by atoms with Crippen LogP contribution >= 0.6 is 0 Å². The van der Waals surface area contributed by atoms with Crippen LogP contribution in [0.25, 0.3) is 0 Å². The Hall–Kier alpha value is -1.29. The number of likely N-dealkylation sites (tertiary alicyclic amines) is 1. The van der Waals surface area contributed by atoms with E-state index in [4.69, 9.17) is 5.73 Å². The summed E-state index contributed by atoms with van der Waals surface area (Å²) in [5.74, 6) is 0. The molecule has 0 bridgehead atoms. The van der Waals surface area contributed by atoms with Crippen molar-refractivity contribution in [3.8, 4) is 0 Å². The number of rotatable bonds is 3. The molecule has 1 aromatic heterocycles. The Labute approximate surface area is 126 Å². The van der Waals surface area contributed by atoms with E-state index in [0.29, 0.717) is 11.1 Å². The smallest absolute Gasteiger partial charge is 0.250 e. The van der Waals surface area contributed by atoms with Crippen molar-refractivity contribution in [3.05, 3.63) is 28.7 Å². The van der Waals surface area contributed by atoms with Crippen LogP contribution in [-0.4, -0.2) is 29.1 Å². The Balaban J connectivity index is 1.51. The second-order valence-electron chi connectivity index (χ2n) is 6.90. The molecule has 4 nitrogen and oxygen atoms in total. The van der Waals surface area contributed by atoms with E-state index in [1.54, 1.807) is 22.9 Å². The summed E-state index contributed by atoms with van der Waals surface area (Å²) in [6.07, 6.45) is 11.6. The highest BCUT2D eigenvalue weighted by Gasteiger charge is 2.35. The highest BCUT2D eigenvalue weighted by molar-refractivity contribution is 5.33. The predicted molar refractivity (Wildman–Crippen MR) is 86.3 cm³/mol. The second-order valence-corrected chi connectivity index (χ2v) is 6.90. The van der Waals surface area contributed by atoms with Gasteiger partial charge in [0.05, 0.1) is 0 Å². The Morgan fingerprint density at radius 2 is 1.71 bits per heavy atom. The predicted octanol–water partition coefficient (Wildman–Crippen LogP) is 2.48. The van der Waals surface area contributed by atoms with Crippen LogP contribution in [-0.2, 0) is 6.54 Å². The van der Waals surface area contributed by atoms with Gasteiger partial charge in [-0.1, -0.05) is 19.3 Å².